The Bertz CT molecular complexity index is 1150. The van der Waals surface area contributed by atoms with Gasteiger partial charge >= 0.3 is 0 Å². The minimum Gasteiger partial charge on any atom is -0.463 e. The fraction of sp³-hybridized carbons (Fsp3) is 0.261. The summed E-state index contributed by atoms with van der Waals surface area (Å²) in [7, 11) is 0. The number of amides is 1. The number of hydrogen-bond acceptors (Lipinski definition) is 5. The molecule has 0 bridgehead atoms. The number of carbonyl (C=O) groups is 1. The van der Waals surface area contributed by atoms with Gasteiger partial charge in [0.15, 0.2) is 5.76 Å². The molecule has 3 heterocycles. The molecule has 1 aliphatic rings. The molecule has 4 aromatic rings. The number of carbonyl (C=O) groups excluding carboxylic acids is 1. The van der Waals surface area contributed by atoms with E-state index >= 15 is 0 Å². The minimum absolute atomic E-state index is 0.131. The van der Waals surface area contributed by atoms with Crippen LogP contribution in [0.25, 0.3) is 33.8 Å². The van der Waals surface area contributed by atoms with Crippen molar-refractivity contribution in [2.45, 2.75) is 38.6 Å². The third kappa shape index (κ3) is 3.31. The van der Waals surface area contributed by atoms with Crippen LogP contribution in [0.5, 0.6) is 0 Å². The highest BCUT2D eigenvalue weighted by Gasteiger charge is 2.25. The first-order valence-corrected chi connectivity index (χ1v) is 9.91. The van der Waals surface area contributed by atoms with Gasteiger partial charge in [0.1, 0.15) is 11.4 Å². The van der Waals surface area contributed by atoms with Gasteiger partial charge in [0.25, 0.3) is 11.6 Å². The lowest BCUT2D eigenvalue weighted by Crippen LogP contribution is -2.32. The van der Waals surface area contributed by atoms with Crippen molar-refractivity contribution in [2.24, 2.45) is 0 Å². The fourth-order valence-electron chi connectivity index (χ4n) is 3.92. The number of nitrogens with zero attached hydrogens (tertiary/aromatic N) is 2. The molecule has 6 heteroatoms. The standard InChI is InChI=1S/C23H21N3O3/c1-14-8-10-15(11-9-14)21-20-17(22(27)24-16-5-2-3-6-16)13-18(19-7-4-12-28-19)25-23(20)29-26-21/h4,7-13,16H,2-3,5-6H2,1H3,(H,24,27). The predicted octanol–water partition coefficient (Wildman–Crippen LogP) is 5.13. The molecule has 0 unspecified atom stereocenters. The van der Waals surface area contributed by atoms with E-state index in [0.717, 1.165) is 36.8 Å². The van der Waals surface area contributed by atoms with E-state index in [1.54, 1.807) is 18.4 Å². The van der Waals surface area contributed by atoms with E-state index in [-0.39, 0.29) is 11.9 Å². The summed E-state index contributed by atoms with van der Waals surface area (Å²) in [5.41, 5.74) is 4.03. The highest BCUT2D eigenvalue weighted by Crippen LogP contribution is 2.33. The Morgan fingerprint density at radius 1 is 1.14 bits per heavy atom. The largest absolute Gasteiger partial charge is 0.463 e. The number of pyridine rings is 1. The smallest absolute Gasteiger partial charge is 0.259 e. The van der Waals surface area contributed by atoms with Crippen LogP contribution in [0.3, 0.4) is 0 Å². The normalized spacial score (nSPS) is 14.5. The Morgan fingerprint density at radius 2 is 1.93 bits per heavy atom. The molecule has 1 aliphatic carbocycles. The van der Waals surface area contributed by atoms with Crippen LogP contribution in [0.1, 0.15) is 41.6 Å². The van der Waals surface area contributed by atoms with Crippen LogP contribution in [0.15, 0.2) is 57.7 Å². The number of rotatable bonds is 4. The lowest BCUT2D eigenvalue weighted by Gasteiger charge is -2.13. The Morgan fingerprint density at radius 3 is 2.66 bits per heavy atom. The van der Waals surface area contributed by atoms with E-state index in [4.69, 9.17) is 8.94 Å². The zero-order valence-electron chi connectivity index (χ0n) is 16.1. The SMILES string of the molecule is Cc1ccc(-c2noc3nc(-c4ccco4)cc(C(=O)NC4CCCC4)c23)cc1. The van der Waals surface area contributed by atoms with Crippen LogP contribution < -0.4 is 5.32 Å². The molecule has 1 saturated carbocycles. The molecule has 0 aliphatic heterocycles. The molecule has 1 fully saturated rings. The maximum atomic E-state index is 13.2. The number of furan rings is 1. The Labute approximate surface area is 167 Å². The van der Waals surface area contributed by atoms with Crippen molar-refractivity contribution in [1.29, 1.82) is 0 Å². The third-order valence-corrected chi connectivity index (χ3v) is 5.48. The number of aromatic nitrogens is 2. The molecular weight excluding hydrogens is 366 g/mol. The first-order chi connectivity index (χ1) is 14.2. The molecule has 3 aromatic heterocycles. The molecule has 146 valence electrons. The van der Waals surface area contributed by atoms with Crippen molar-refractivity contribution in [3.63, 3.8) is 0 Å². The molecule has 1 aromatic carbocycles. The van der Waals surface area contributed by atoms with Gasteiger partial charge in [0, 0.05) is 11.6 Å². The summed E-state index contributed by atoms with van der Waals surface area (Å²) in [5, 5.41) is 8.04. The molecule has 0 radical (unpaired) electrons. The number of nitrogens with one attached hydrogen (secondary N) is 1. The van der Waals surface area contributed by atoms with E-state index in [0.29, 0.717) is 33.8 Å². The van der Waals surface area contributed by atoms with Gasteiger partial charge in [-0.3, -0.25) is 4.79 Å². The minimum atomic E-state index is -0.131. The summed E-state index contributed by atoms with van der Waals surface area (Å²) in [5.74, 6) is 0.448. The van der Waals surface area contributed by atoms with E-state index in [2.05, 4.69) is 15.5 Å². The quantitative estimate of drug-likeness (QED) is 0.525. The van der Waals surface area contributed by atoms with Crippen molar-refractivity contribution < 1.29 is 13.7 Å². The zero-order chi connectivity index (χ0) is 19.8. The molecule has 0 atom stereocenters. The zero-order valence-corrected chi connectivity index (χ0v) is 16.1. The van der Waals surface area contributed by atoms with Crippen molar-refractivity contribution in [3.8, 4) is 22.7 Å². The molecule has 6 nitrogen and oxygen atoms in total. The van der Waals surface area contributed by atoms with Crippen LogP contribution in [0.4, 0.5) is 0 Å². The molecule has 0 spiro atoms. The van der Waals surface area contributed by atoms with Crippen LogP contribution in [-0.2, 0) is 0 Å². The summed E-state index contributed by atoms with van der Waals surface area (Å²) in [6.07, 6.45) is 5.91. The van der Waals surface area contributed by atoms with Crippen molar-refractivity contribution in [2.75, 3.05) is 0 Å². The summed E-state index contributed by atoms with van der Waals surface area (Å²) < 4.78 is 11.0. The monoisotopic (exact) mass is 387 g/mol. The summed E-state index contributed by atoms with van der Waals surface area (Å²) in [4.78, 5) is 17.8. The maximum absolute atomic E-state index is 13.2. The highest BCUT2D eigenvalue weighted by molar-refractivity contribution is 6.10. The van der Waals surface area contributed by atoms with Crippen molar-refractivity contribution in [1.82, 2.24) is 15.5 Å². The van der Waals surface area contributed by atoms with Gasteiger partial charge in [-0.25, -0.2) is 4.98 Å². The van der Waals surface area contributed by atoms with Gasteiger partial charge in [0.05, 0.1) is 17.2 Å². The Kier molecular flexibility index (Phi) is 4.39. The molecule has 5 rings (SSSR count). The number of fused-ring (bicyclic) bond motifs is 1. The fourth-order valence-corrected chi connectivity index (χ4v) is 3.92. The van der Waals surface area contributed by atoms with E-state index in [1.807, 2.05) is 37.3 Å². The topological polar surface area (TPSA) is 81.2 Å². The summed E-state index contributed by atoms with van der Waals surface area (Å²) in [6.45, 7) is 2.03. The first-order valence-electron chi connectivity index (χ1n) is 9.91. The molecular formula is C23H21N3O3. The van der Waals surface area contributed by atoms with Crippen molar-refractivity contribution >= 4 is 17.0 Å². The third-order valence-electron chi connectivity index (χ3n) is 5.48. The number of benzene rings is 1. The van der Waals surface area contributed by atoms with Crippen LogP contribution >= 0.6 is 0 Å². The lowest BCUT2D eigenvalue weighted by molar-refractivity contribution is 0.0939. The average molecular weight is 387 g/mol. The lowest BCUT2D eigenvalue weighted by atomic mass is 10.0. The average Bonchev–Trinajstić information content (AvgIpc) is 3.49. The van der Waals surface area contributed by atoms with Crippen LogP contribution in [0, 0.1) is 6.92 Å². The second kappa shape index (κ2) is 7.20. The van der Waals surface area contributed by atoms with Gasteiger partial charge < -0.3 is 14.3 Å². The summed E-state index contributed by atoms with van der Waals surface area (Å²) in [6, 6.07) is 13.6. The molecule has 29 heavy (non-hydrogen) atoms. The molecule has 0 saturated heterocycles. The van der Waals surface area contributed by atoms with Crippen LogP contribution in [-0.4, -0.2) is 22.1 Å². The van der Waals surface area contributed by atoms with Gasteiger partial charge in [0.2, 0.25) is 0 Å². The second-order valence-electron chi connectivity index (χ2n) is 7.56. The van der Waals surface area contributed by atoms with Gasteiger partial charge in [-0.05, 0) is 38.0 Å². The van der Waals surface area contributed by atoms with Gasteiger partial charge in [-0.2, -0.15) is 0 Å². The molecule has 1 N–H and O–H groups in total. The van der Waals surface area contributed by atoms with Gasteiger partial charge in [-0.1, -0.05) is 47.8 Å². The Hall–Kier alpha value is -3.41. The molecule has 1 amide bonds. The van der Waals surface area contributed by atoms with E-state index in [9.17, 15) is 4.79 Å². The first kappa shape index (κ1) is 17.7. The van der Waals surface area contributed by atoms with Crippen molar-refractivity contribution in [3.05, 3.63) is 59.9 Å². The maximum Gasteiger partial charge on any atom is 0.259 e. The highest BCUT2D eigenvalue weighted by atomic mass is 16.5. The predicted molar refractivity (Wildman–Crippen MR) is 109 cm³/mol. The van der Waals surface area contributed by atoms with E-state index < -0.39 is 0 Å². The summed E-state index contributed by atoms with van der Waals surface area (Å²) >= 11 is 0. The van der Waals surface area contributed by atoms with Gasteiger partial charge in [-0.15, -0.1) is 0 Å². The van der Waals surface area contributed by atoms with E-state index in [1.165, 1.54) is 0 Å². The second-order valence-corrected chi connectivity index (χ2v) is 7.56. The number of hydrogen-bond donors (Lipinski definition) is 1. The van der Waals surface area contributed by atoms with Crippen LogP contribution in [0.2, 0.25) is 0 Å². The number of aryl methyl sites for hydroxylation is 1. The Balaban J connectivity index is 1.66.